The Morgan fingerprint density at radius 2 is 1.15 bits per heavy atom. The molecule has 0 atom stereocenters. The molecule has 6 nitrogen and oxygen atoms in total. The van der Waals surface area contributed by atoms with Crippen LogP contribution in [-0.4, -0.2) is 57.2 Å². The fourth-order valence-electron chi connectivity index (χ4n) is 4.48. The van der Waals surface area contributed by atoms with Crippen LogP contribution in [0.5, 0.6) is 11.5 Å². The highest BCUT2D eigenvalue weighted by atomic mass is 16.5. The van der Waals surface area contributed by atoms with Gasteiger partial charge in [0, 0.05) is 34.3 Å². The Morgan fingerprint density at radius 1 is 0.650 bits per heavy atom. The highest BCUT2D eigenvalue weighted by molar-refractivity contribution is 5.82. The highest BCUT2D eigenvalue weighted by Gasteiger charge is 2.05. The summed E-state index contributed by atoms with van der Waals surface area (Å²) in [6.07, 6.45) is 9.63. The maximum absolute atomic E-state index is 8.94. The molecule has 3 rings (SSSR count). The summed E-state index contributed by atoms with van der Waals surface area (Å²) in [4.78, 5) is 8.73. The Bertz CT molecular complexity index is 1200. The Kier molecular flexibility index (Phi) is 12.9. The van der Waals surface area contributed by atoms with Crippen LogP contribution in [-0.2, 0) is 0 Å². The Balaban J connectivity index is 1.20. The van der Waals surface area contributed by atoms with E-state index in [1.54, 1.807) is 0 Å². The standard InChI is InChI=1S/C34H44N4O2/c1-37(2)34(38(3)4)36-31-14-13-15-33(26-31)40-25-12-10-8-6-5-7-9-11-24-39-32-22-20-30(21-23-32)29-18-16-28(27-35)17-19-29/h13-23,26H,5-12,24-25H2,1-4H3. The number of hydrogen-bond donors (Lipinski definition) is 0. The normalized spacial score (nSPS) is 10.5. The second-order valence-electron chi connectivity index (χ2n) is 10.4. The Labute approximate surface area is 240 Å². The molecule has 40 heavy (non-hydrogen) atoms. The van der Waals surface area contributed by atoms with E-state index in [-0.39, 0.29) is 0 Å². The fraction of sp³-hybridized carbons (Fsp3) is 0.412. The van der Waals surface area contributed by atoms with Crippen LogP contribution in [0, 0.1) is 11.3 Å². The molecule has 212 valence electrons. The molecule has 0 aliphatic carbocycles. The molecule has 0 heterocycles. The van der Waals surface area contributed by atoms with Gasteiger partial charge in [-0.15, -0.1) is 0 Å². The van der Waals surface area contributed by atoms with Gasteiger partial charge in [-0.3, -0.25) is 0 Å². The number of unbranched alkanes of at least 4 members (excludes halogenated alkanes) is 7. The van der Waals surface area contributed by atoms with Crippen molar-refractivity contribution in [3.05, 3.63) is 78.4 Å². The first-order valence-corrected chi connectivity index (χ1v) is 14.4. The molecule has 0 amide bonds. The molecule has 0 spiro atoms. The lowest BCUT2D eigenvalue weighted by atomic mass is 10.0. The van der Waals surface area contributed by atoms with Crippen molar-refractivity contribution >= 4 is 11.6 Å². The van der Waals surface area contributed by atoms with E-state index in [9.17, 15) is 0 Å². The minimum absolute atomic E-state index is 0.678. The lowest BCUT2D eigenvalue weighted by Gasteiger charge is -2.22. The van der Waals surface area contributed by atoms with Crippen molar-refractivity contribution < 1.29 is 9.47 Å². The third-order valence-corrected chi connectivity index (χ3v) is 6.62. The largest absolute Gasteiger partial charge is 0.494 e. The first-order chi connectivity index (χ1) is 19.5. The summed E-state index contributed by atoms with van der Waals surface area (Å²) in [5, 5.41) is 8.94. The SMILES string of the molecule is CN(C)C(=Nc1cccc(OCCCCCCCCCCOc2ccc(-c3ccc(C#N)cc3)cc2)c1)N(C)C. The van der Waals surface area contributed by atoms with Crippen molar-refractivity contribution in [3.63, 3.8) is 0 Å². The van der Waals surface area contributed by atoms with E-state index in [1.807, 2.05) is 98.7 Å². The number of hydrogen-bond acceptors (Lipinski definition) is 4. The molecule has 0 saturated heterocycles. The lowest BCUT2D eigenvalue weighted by Crippen LogP contribution is -2.35. The van der Waals surface area contributed by atoms with Crippen LogP contribution < -0.4 is 9.47 Å². The number of nitriles is 1. The third kappa shape index (κ3) is 10.6. The number of guanidine groups is 1. The summed E-state index contributed by atoms with van der Waals surface area (Å²) in [7, 11) is 7.98. The van der Waals surface area contributed by atoms with Gasteiger partial charge < -0.3 is 19.3 Å². The molecular formula is C34H44N4O2. The van der Waals surface area contributed by atoms with E-state index in [0.29, 0.717) is 5.56 Å². The first-order valence-electron chi connectivity index (χ1n) is 14.4. The van der Waals surface area contributed by atoms with Crippen molar-refractivity contribution in [3.8, 4) is 28.7 Å². The zero-order chi connectivity index (χ0) is 28.6. The van der Waals surface area contributed by atoms with Gasteiger partial charge in [-0.1, -0.05) is 68.9 Å². The van der Waals surface area contributed by atoms with Crippen molar-refractivity contribution in [1.29, 1.82) is 5.26 Å². The summed E-state index contributed by atoms with van der Waals surface area (Å²) < 4.78 is 11.9. The molecule has 3 aromatic carbocycles. The molecular weight excluding hydrogens is 496 g/mol. The van der Waals surface area contributed by atoms with E-state index in [2.05, 4.69) is 18.2 Å². The van der Waals surface area contributed by atoms with Crippen molar-refractivity contribution in [2.75, 3.05) is 41.4 Å². The Hall–Kier alpha value is -3.98. The minimum atomic E-state index is 0.678. The molecule has 0 fully saturated rings. The maximum Gasteiger partial charge on any atom is 0.200 e. The molecule has 6 heteroatoms. The van der Waals surface area contributed by atoms with Crippen LogP contribution in [0.15, 0.2) is 77.8 Å². The van der Waals surface area contributed by atoms with Crippen LogP contribution in [0.1, 0.15) is 56.9 Å². The molecule has 0 saturated carbocycles. The lowest BCUT2D eigenvalue weighted by molar-refractivity contribution is 0.301. The summed E-state index contributed by atoms with van der Waals surface area (Å²) in [5.41, 5.74) is 3.81. The number of aliphatic imine (C=N–C) groups is 1. The summed E-state index contributed by atoms with van der Waals surface area (Å²) in [6, 6.07) is 26.0. The van der Waals surface area contributed by atoms with Gasteiger partial charge in [-0.05, 0) is 60.4 Å². The van der Waals surface area contributed by atoms with Gasteiger partial charge in [0.15, 0.2) is 0 Å². The fourth-order valence-corrected chi connectivity index (χ4v) is 4.48. The zero-order valence-electron chi connectivity index (χ0n) is 24.6. The Morgan fingerprint density at radius 3 is 1.68 bits per heavy atom. The molecule has 0 radical (unpaired) electrons. The van der Waals surface area contributed by atoms with E-state index in [1.165, 1.54) is 38.5 Å². The second kappa shape index (κ2) is 16.9. The molecule has 0 aliphatic heterocycles. The topological polar surface area (TPSA) is 61.1 Å². The summed E-state index contributed by atoms with van der Waals surface area (Å²) >= 11 is 0. The molecule has 3 aromatic rings. The monoisotopic (exact) mass is 540 g/mol. The van der Waals surface area contributed by atoms with Crippen molar-refractivity contribution in [2.24, 2.45) is 4.99 Å². The predicted molar refractivity (Wildman–Crippen MR) is 165 cm³/mol. The summed E-state index contributed by atoms with van der Waals surface area (Å²) in [5.74, 6) is 2.69. The van der Waals surface area contributed by atoms with E-state index in [0.717, 1.165) is 60.3 Å². The second-order valence-corrected chi connectivity index (χ2v) is 10.4. The van der Waals surface area contributed by atoms with Crippen LogP contribution in [0.25, 0.3) is 11.1 Å². The first kappa shape index (κ1) is 30.6. The predicted octanol–water partition coefficient (Wildman–Crippen LogP) is 7.91. The molecule has 0 bridgehead atoms. The summed E-state index contributed by atoms with van der Waals surface area (Å²) in [6.45, 7) is 1.50. The van der Waals surface area contributed by atoms with Crippen LogP contribution in [0.3, 0.4) is 0 Å². The number of ether oxygens (including phenoxy) is 2. The molecule has 0 unspecified atom stereocenters. The average Bonchev–Trinajstić information content (AvgIpc) is 2.97. The molecule has 0 aromatic heterocycles. The third-order valence-electron chi connectivity index (χ3n) is 6.62. The van der Waals surface area contributed by atoms with Gasteiger partial charge in [0.05, 0.1) is 30.5 Å². The zero-order valence-corrected chi connectivity index (χ0v) is 24.6. The van der Waals surface area contributed by atoms with Gasteiger partial charge in [0.25, 0.3) is 0 Å². The van der Waals surface area contributed by atoms with Crippen LogP contribution >= 0.6 is 0 Å². The number of benzene rings is 3. The average molecular weight is 541 g/mol. The quantitative estimate of drug-likeness (QED) is 0.111. The highest BCUT2D eigenvalue weighted by Crippen LogP contribution is 2.23. The van der Waals surface area contributed by atoms with Gasteiger partial charge in [0.1, 0.15) is 11.5 Å². The van der Waals surface area contributed by atoms with Crippen LogP contribution in [0.2, 0.25) is 0 Å². The van der Waals surface area contributed by atoms with E-state index in [4.69, 9.17) is 19.7 Å². The number of rotatable bonds is 15. The van der Waals surface area contributed by atoms with Crippen molar-refractivity contribution in [1.82, 2.24) is 9.80 Å². The van der Waals surface area contributed by atoms with E-state index < -0.39 is 0 Å². The van der Waals surface area contributed by atoms with Gasteiger partial charge >= 0.3 is 0 Å². The van der Waals surface area contributed by atoms with Gasteiger partial charge in [-0.2, -0.15) is 5.26 Å². The molecule has 0 aliphatic rings. The van der Waals surface area contributed by atoms with Crippen LogP contribution in [0.4, 0.5) is 5.69 Å². The smallest absolute Gasteiger partial charge is 0.200 e. The minimum Gasteiger partial charge on any atom is -0.494 e. The van der Waals surface area contributed by atoms with Gasteiger partial charge in [0.2, 0.25) is 5.96 Å². The van der Waals surface area contributed by atoms with E-state index >= 15 is 0 Å². The van der Waals surface area contributed by atoms with Crippen molar-refractivity contribution in [2.45, 2.75) is 51.4 Å². The van der Waals surface area contributed by atoms with Gasteiger partial charge in [-0.25, -0.2) is 4.99 Å². The maximum atomic E-state index is 8.94. The molecule has 0 N–H and O–H groups in total. The number of nitrogens with zero attached hydrogens (tertiary/aromatic N) is 4.